The summed E-state index contributed by atoms with van der Waals surface area (Å²) < 4.78 is 1.76. The minimum absolute atomic E-state index is 0.102. The highest BCUT2D eigenvalue weighted by atomic mass is 16.1. The lowest BCUT2D eigenvalue weighted by molar-refractivity contribution is 0.181. The van der Waals surface area contributed by atoms with Crippen molar-refractivity contribution < 1.29 is 0 Å². The van der Waals surface area contributed by atoms with Gasteiger partial charge in [-0.2, -0.15) is 5.10 Å². The van der Waals surface area contributed by atoms with Gasteiger partial charge in [0.2, 0.25) is 0 Å². The Labute approximate surface area is 157 Å². The van der Waals surface area contributed by atoms with Crippen LogP contribution >= 0.6 is 0 Å². The molecule has 3 aliphatic rings. The number of aromatic nitrogens is 2. The summed E-state index contributed by atoms with van der Waals surface area (Å²) in [7, 11) is 0. The Morgan fingerprint density at radius 2 is 1.73 bits per heavy atom. The average Bonchev–Trinajstić information content (AvgIpc) is 2.92. The van der Waals surface area contributed by atoms with Crippen LogP contribution in [0.3, 0.4) is 0 Å². The molecular formula is C21H34N4O. The zero-order chi connectivity index (χ0) is 17.8. The number of hydrogen-bond donors (Lipinski definition) is 0. The van der Waals surface area contributed by atoms with Crippen LogP contribution in [0.15, 0.2) is 10.9 Å². The Kier molecular flexibility index (Phi) is 6.05. The van der Waals surface area contributed by atoms with Crippen LogP contribution in [0.4, 0.5) is 0 Å². The largest absolute Gasteiger partial charge is 0.302 e. The zero-order valence-corrected chi connectivity index (χ0v) is 16.2. The van der Waals surface area contributed by atoms with E-state index in [0.717, 1.165) is 25.9 Å². The van der Waals surface area contributed by atoms with Crippen molar-refractivity contribution in [3.05, 3.63) is 27.7 Å². The molecule has 1 unspecified atom stereocenters. The molecule has 0 amide bonds. The SMILES string of the molecule is O=c1cc2c(nn1CC1CCCN1CCN1CCCCCC1)CCCC2. The fourth-order valence-corrected chi connectivity index (χ4v) is 4.96. The molecule has 26 heavy (non-hydrogen) atoms. The van der Waals surface area contributed by atoms with Gasteiger partial charge in [0.05, 0.1) is 12.2 Å². The van der Waals surface area contributed by atoms with E-state index in [1.165, 1.54) is 88.8 Å². The van der Waals surface area contributed by atoms with E-state index in [1.807, 2.05) is 6.07 Å². The third-order valence-corrected chi connectivity index (χ3v) is 6.56. The molecule has 0 spiro atoms. The lowest BCUT2D eigenvalue weighted by Crippen LogP contribution is -2.41. The molecule has 0 saturated carbocycles. The molecule has 2 fully saturated rings. The second kappa shape index (κ2) is 8.66. The predicted octanol–water partition coefficient (Wildman–Crippen LogP) is 2.46. The van der Waals surface area contributed by atoms with E-state index in [0.29, 0.717) is 6.04 Å². The van der Waals surface area contributed by atoms with E-state index in [9.17, 15) is 4.79 Å². The van der Waals surface area contributed by atoms with Crippen LogP contribution in [-0.4, -0.2) is 58.3 Å². The number of nitrogens with zero attached hydrogens (tertiary/aromatic N) is 4. The zero-order valence-electron chi connectivity index (χ0n) is 16.2. The van der Waals surface area contributed by atoms with E-state index in [-0.39, 0.29) is 5.56 Å². The van der Waals surface area contributed by atoms with Gasteiger partial charge in [0.15, 0.2) is 0 Å². The molecule has 5 heteroatoms. The van der Waals surface area contributed by atoms with Crippen LogP contribution in [0.5, 0.6) is 0 Å². The summed E-state index contributed by atoms with van der Waals surface area (Å²) in [5, 5.41) is 4.74. The molecule has 2 saturated heterocycles. The van der Waals surface area contributed by atoms with Crippen LogP contribution in [0.1, 0.15) is 62.6 Å². The van der Waals surface area contributed by atoms with E-state index in [4.69, 9.17) is 5.10 Å². The summed E-state index contributed by atoms with van der Waals surface area (Å²) in [4.78, 5) is 17.8. The monoisotopic (exact) mass is 358 g/mol. The van der Waals surface area contributed by atoms with Gasteiger partial charge in [0, 0.05) is 25.2 Å². The van der Waals surface area contributed by atoms with Crippen LogP contribution in [0.2, 0.25) is 0 Å². The lowest BCUT2D eigenvalue weighted by atomic mass is 9.97. The number of hydrogen-bond acceptors (Lipinski definition) is 4. The lowest BCUT2D eigenvalue weighted by Gasteiger charge is -2.28. The minimum Gasteiger partial charge on any atom is -0.302 e. The highest BCUT2D eigenvalue weighted by molar-refractivity contribution is 5.20. The quantitative estimate of drug-likeness (QED) is 0.811. The smallest absolute Gasteiger partial charge is 0.267 e. The van der Waals surface area contributed by atoms with Crippen molar-refractivity contribution >= 4 is 0 Å². The molecule has 144 valence electrons. The van der Waals surface area contributed by atoms with Crippen molar-refractivity contribution in [2.45, 2.75) is 76.8 Å². The number of fused-ring (bicyclic) bond motifs is 1. The number of likely N-dealkylation sites (tertiary alicyclic amines) is 2. The Balaban J connectivity index is 1.37. The fraction of sp³-hybridized carbons (Fsp3) is 0.810. The van der Waals surface area contributed by atoms with Crippen LogP contribution in [0.25, 0.3) is 0 Å². The first-order valence-electron chi connectivity index (χ1n) is 10.9. The Morgan fingerprint density at radius 3 is 2.58 bits per heavy atom. The summed E-state index contributed by atoms with van der Waals surface area (Å²) in [6.07, 6.45) is 12.5. The second-order valence-corrected chi connectivity index (χ2v) is 8.43. The minimum atomic E-state index is 0.102. The van der Waals surface area contributed by atoms with Crippen molar-refractivity contribution in [3.8, 4) is 0 Å². The third-order valence-electron chi connectivity index (χ3n) is 6.56. The first-order valence-corrected chi connectivity index (χ1v) is 10.9. The maximum atomic E-state index is 12.5. The Hall–Kier alpha value is -1.20. The van der Waals surface area contributed by atoms with E-state index >= 15 is 0 Å². The molecule has 1 aromatic heterocycles. The standard InChI is InChI=1S/C21H34N4O/c26-21-16-18-8-3-4-10-20(18)22-25(21)17-19-9-7-13-24(19)15-14-23-11-5-1-2-6-12-23/h16,19H,1-15,17H2. The number of aryl methyl sites for hydroxylation is 2. The van der Waals surface area contributed by atoms with Crippen LogP contribution in [0, 0.1) is 0 Å². The molecule has 1 atom stereocenters. The molecule has 0 bridgehead atoms. The predicted molar refractivity (Wildman–Crippen MR) is 105 cm³/mol. The molecule has 0 aromatic carbocycles. The van der Waals surface area contributed by atoms with E-state index < -0.39 is 0 Å². The van der Waals surface area contributed by atoms with Crippen molar-refractivity contribution in [1.29, 1.82) is 0 Å². The van der Waals surface area contributed by atoms with Gasteiger partial charge in [-0.3, -0.25) is 9.69 Å². The highest BCUT2D eigenvalue weighted by Crippen LogP contribution is 2.20. The van der Waals surface area contributed by atoms with Gasteiger partial charge in [0.25, 0.3) is 5.56 Å². The molecule has 1 aliphatic carbocycles. The van der Waals surface area contributed by atoms with Crippen molar-refractivity contribution in [3.63, 3.8) is 0 Å². The van der Waals surface area contributed by atoms with Crippen LogP contribution in [-0.2, 0) is 19.4 Å². The van der Waals surface area contributed by atoms with Gasteiger partial charge in [-0.05, 0) is 76.6 Å². The summed E-state index contributed by atoms with van der Waals surface area (Å²) in [5.41, 5.74) is 2.47. The molecule has 2 aliphatic heterocycles. The second-order valence-electron chi connectivity index (χ2n) is 8.43. The van der Waals surface area contributed by atoms with Gasteiger partial charge in [0.1, 0.15) is 0 Å². The van der Waals surface area contributed by atoms with Crippen molar-refractivity contribution in [1.82, 2.24) is 19.6 Å². The van der Waals surface area contributed by atoms with Crippen molar-refractivity contribution in [2.75, 3.05) is 32.7 Å². The normalized spacial score (nSPS) is 25.2. The van der Waals surface area contributed by atoms with Gasteiger partial charge in [-0.25, -0.2) is 4.68 Å². The Bertz CT molecular complexity index is 648. The average molecular weight is 359 g/mol. The molecule has 0 N–H and O–H groups in total. The molecule has 0 radical (unpaired) electrons. The first-order chi connectivity index (χ1) is 12.8. The molecule has 3 heterocycles. The summed E-state index contributed by atoms with van der Waals surface area (Å²) in [6, 6.07) is 2.34. The number of rotatable bonds is 5. The van der Waals surface area contributed by atoms with Gasteiger partial charge < -0.3 is 4.90 Å². The van der Waals surface area contributed by atoms with Gasteiger partial charge in [-0.1, -0.05) is 12.8 Å². The maximum absolute atomic E-state index is 12.5. The van der Waals surface area contributed by atoms with E-state index in [2.05, 4.69) is 9.80 Å². The van der Waals surface area contributed by atoms with Gasteiger partial charge in [-0.15, -0.1) is 0 Å². The van der Waals surface area contributed by atoms with Crippen LogP contribution < -0.4 is 5.56 Å². The molecule has 5 nitrogen and oxygen atoms in total. The summed E-state index contributed by atoms with van der Waals surface area (Å²) >= 11 is 0. The molecule has 4 rings (SSSR count). The highest BCUT2D eigenvalue weighted by Gasteiger charge is 2.26. The third kappa shape index (κ3) is 4.37. The fourth-order valence-electron chi connectivity index (χ4n) is 4.96. The topological polar surface area (TPSA) is 41.4 Å². The summed E-state index contributed by atoms with van der Waals surface area (Å²) in [5.74, 6) is 0. The maximum Gasteiger partial charge on any atom is 0.267 e. The Morgan fingerprint density at radius 1 is 0.923 bits per heavy atom. The molecular weight excluding hydrogens is 324 g/mol. The first kappa shape index (κ1) is 18.2. The summed E-state index contributed by atoms with van der Waals surface area (Å²) in [6.45, 7) is 6.81. The van der Waals surface area contributed by atoms with E-state index in [1.54, 1.807) is 4.68 Å². The van der Waals surface area contributed by atoms with Crippen molar-refractivity contribution in [2.24, 2.45) is 0 Å². The van der Waals surface area contributed by atoms with Gasteiger partial charge >= 0.3 is 0 Å². The molecule has 1 aromatic rings.